The van der Waals surface area contributed by atoms with Gasteiger partial charge >= 0.3 is 0 Å². The zero-order valence-electron chi connectivity index (χ0n) is 18.1. The van der Waals surface area contributed by atoms with Crippen molar-refractivity contribution in [3.63, 3.8) is 0 Å². The molecule has 6 rings (SSSR count). The van der Waals surface area contributed by atoms with Gasteiger partial charge in [0.15, 0.2) is 5.78 Å². The van der Waals surface area contributed by atoms with E-state index < -0.39 is 41.6 Å². The molecule has 35 heavy (non-hydrogen) atoms. The van der Waals surface area contributed by atoms with Gasteiger partial charge in [-0.1, -0.05) is 70.0 Å². The van der Waals surface area contributed by atoms with Crippen LogP contribution in [0.15, 0.2) is 77.3 Å². The number of para-hydroxylation sites is 1. The Morgan fingerprint density at radius 1 is 0.914 bits per heavy atom. The highest BCUT2D eigenvalue weighted by molar-refractivity contribution is 9.10. The molecule has 0 N–H and O–H groups in total. The molecular formula is C27H17BrClFN2O3. The van der Waals surface area contributed by atoms with Crippen LogP contribution in [0.5, 0.6) is 0 Å². The number of Topliss-reactive ketones (excluding diaryl/α,β-unsaturated/α-hetero) is 1. The number of rotatable bonds is 3. The van der Waals surface area contributed by atoms with Crippen molar-refractivity contribution < 1.29 is 18.8 Å². The van der Waals surface area contributed by atoms with Crippen molar-refractivity contribution >= 4 is 62.6 Å². The zero-order valence-corrected chi connectivity index (χ0v) is 20.4. The molecule has 4 atom stereocenters. The Balaban J connectivity index is 1.52. The summed E-state index contributed by atoms with van der Waals surface area (Å²) >= 11 is 9.68. The summed E-state index contributed by atoms with van der Waals surface area (Å²) in [5.41, 5.74) is 1.85. The third-order valence-electron chi connectivity index (χ3n) is 6.96. The van der Waals surface area contributed by atoms with Crippen molar-refractivity contribution in [2.24, 2.45) is 11.8 Å². The van der Waals surface area contributed by atoms with E-state index in [0.29, 0.717) is 16.3 Å². The van der Waals surface area contributed by atoms with Gasteiger partial charge in [-0.15, -0.1) is 0 Å². The van der Waals surface area contributed by atoms with Crippen LogP contribution < -0.4 is 9.80 Å². The highest BCUT2D eigenvalue weighted by atomic mass is 79.9. The van der Waals surface area contributed by atoms with E-state index in [4.69, 9.17) is 11.6 Å². The monoisotopic (exact) mass is 550 g/mol. The third kappa shape index (κ3) is 3.29. The molecule has 0 radical (unpaired) electrons. The summed E-state index contributed by atoms with van der Waals surface area (Å²) in [6.07, 6.45) is 3.72. The molecule has 3 aliphatic rings. The summed E-state index contributed by atoms with van der Waals surface area (Å²) in [5.74, 6) is -3.85. The van der Waals surface area contributed by atoms with Crippen molar-refractivity contribution in [2.45, 2.75) is 12.1 Å². The molecule has 174 valence electrons. The minimum Gasteiger partial charge on any atom is -0.352 e. The second kappa shape index (κ2) is 8.14. The standard InChI is InChI=1S/C27H17BrClFN2O3/c28-16-9-5-15(6-10-16)25(33)24-23-22(20-12-8-14-7-11-17(29)13-21(14)31(20)24)26(34)32(27(23)35)19-4-2-1-3-18(19)30/h1-13,20,22-24H/t20-,22-,23-,24+/m1/s1. The number of hydrogen-bond acceptors (Lipinski definition) is 4. The Morgan fingerprint density at radius 2 is 1.63 bits per heavy atom. The van der Waals surface area contributed by atoms with Crippen molar-refractivity contribution in [3.05, 3.63) is 99.2 Å². The van der Waals surface area contributed by atoms with Crippen LogP contribution in [0.4, 0.5) is 15.8 Å². The first-order valence-electron chi connectivity index (χ1n) is 11.0. The number of imide groups is 1. The number of ketones is 1. The predicted octanol–water partition coefficient (Wildman–Crippen LogP) is 5.51. The summed E-state index contributed by atoms with van der Waals surface area (Å²) in [5, 5.41) is 0.482. The molecule has 3 aliphatic heterocycles. The molecule has 8 heteroatoms. The molecule has 0 bridgehead atoms. The van der Waals surface area contributed by atoms with Crippen LogP contribution >= 0.6 is 27.5 Å². The fourth-order valence-corrected chi connectivity index (χ4v) is 5.92. The summed E-state index contributed by atoms with van der Waals surface area (Å²) in [7, 11) is 0. The molecule has 3 aromatic carbocycles. The maximum atomic E-state index is 14.6. The molecule has 0 spiro atoms. The van der Waals surface area contributed by atoms with Crippen LogP contribution in [0.1, 0.15) is 15.9 Å². The van der Waals surface area contributed by atoms with Crippen molar-refractivity contribution in [2.75, 3.05) is 9.80 Å². The molecule has 0 saturated carbocycles. The number of amides is 2. The average Bonchev–Trinajstić information content (AvgIpc) is 3.32. The van der Waals surface area contributed by atoms with Gasteiger partial charge in [0.25, 0.3) is 0 Å². The molecule has 0 aliphatic carbocycles. The van der Waals surface area contributed by atoms with Gasteiger partial charge in [-0.2, -0.15) is 0 Å². The van der Waals surface area contributed by atoms with Crippen LogP contribution in [0.3, 0.4) is 0 Å². The van der Waals surface area contributed by atoms with Crippen molar-refractivity contribution in [1.82, 2.24) is 0 Å². The van der Waals surface area contributed by atoms with Crippen LogP contribution in [-0.4, -0.2) is 29.7 Å². The Morgan fingerprint density at radius 3 is 2.37 bits per heavy atom. The number of carbonyl (C=O) groups excluding carboxylic acids is 3. The van der Waals surface area contributed by atoms with E-state index in [9.17, 15) is 18.8 Å². The van der Waals surface area contributed by atoms with E-state index >= 15 is 0 Å². The topological polar surface area (TPSA) is 57.7 Å². The van der Waals surface area contributed by atoms with Gasteiger partial charge in [0.1, 0.15) is 11.9 Å². The second-order valence-corrected chi connectivity index (χ2v) is 10.1. The normalized spacial score (nSPS) is 24.4. The first kappa shape index (κ1) is 22.2. The van der Waals surface area contributed by atoms with E-state index in [2.05, 4.69) is 15.9 Å². The number of benzene rings is 3. The zero-order chi connectivity index (χ0) is 24.4. The fraction of sp³-hybridized carbons (Fsp3) is 0.148. The summed E-state index contributed by atoms with van der Waals surface area (Å²) in [4.78, 5) is 44.1. The van der Waals surface area contributed by atoms with E-state index in [-0.39, 0.29) is 11.5 Å². The SMILES string of the molecule is O=C(c1ccc(Br)cc1)[C@@H]1[C@@H]2C(=O)N(c3ccccc3F)C(=O)[C@@H]2[C@H]2C=Cc3ccc(Cl)cc3N21. The molecule has 0 aromatic heterocycles. The second-order valence-electron chi connectivity index (χ2n) is 8.79. The van der Waals surface area contributed by atoms with Crippen molar-refractivity contribution in [3.8, 4) is 0 Å². The van der Waals surface area contributed by atoms with Gasteiger partial charge in [-0.05, 0) is 42.0 Å². The maximum Gasteiger partial charge on any atom is 0.240 e. The summed E-state index contributed by atoms with van der Waals surface area (Å²) in [6, 6.07) is 16.4. The van der Waals surface area contributed by atoms with Crippen LogP contribution in [0.25, 0.3) is 6.08 Å². The number of fused-ring (bicyclic) bond motifs is 5. The first-order chi connectivity index (χ1) is 16.9. The smallest absolute Gasteiger partial charge is 0.240 e. The third-order valence-corrected chi connectivity index (χ3v) is 7.73. The fourth-order valence-electron chi connectivity index (χ4n) is 5.49. The Labute approximate surface area is 213 Å². The number of nitrogens with zero attached hydrogens (tertiary/aromatic N) is 2. The maximum absolute atomic E-state index is 14.6. The van der Waals surface area contributed by atoms with Gasteiger partial charge in [0.05, 0.1) is 23.6 Å². The highest BCUT2D eigenvalue weighted by Crippen LogP contribution is 2.50. The molecule has 0 unspecified atom stereocenters. The Hall–Kier alpha value is -3.29. The minimum absolute atomic E-state index is 0.0958. The van der Waals surface area contributed by atoms with Gasteiger partial charge < -0.3 is 4.90 Å². The molecule has 5 nitrogen and oxygen atoms in total. The van der Waals surface area contributed by atoms with Gasteiger partial charge in [0, 0.05) is 20.7 Å². The van der Waals surface area contributed by atoms with Crippen molar-refractivity contribution in [1.29, 1.82) is 0 Å². The molecular weight excluding hydrogens is 535 g/mol. The van der Waals surface area contributed by atoms with Gasteiger partial charge in [-0.25, -0.2) is 9.29 Å². The lowest BCUT2D eigenvalue weighted by molar-refractivity contribution is -0.122. The quantitative estimate of drug-likeness (QED) is 0.318. The number of hydrogen-bond donors (Lipinski definition) is 0. The van der Waals surface area contributed by atoms with Crippen LogP contribution in [-0.2, 0) is 9.59 Å². The Kier molecular flexibility index (Phi) is 5.16. The molecule has 3 aromatic rings. The highest BCUT2D eigenvalue weighted by Gasteiger charge is 2.64. The van der Waals surface area contributed by atoms with E-state index in [0.717, 1.165) is 14.9 Å². The van der Waals surface area contributed by atoms with E-state index in [1.807, 2.05) is 23.1 Å². The number of anilines is 2. The van der Waals surface area contributed by atoms with E-state index in [1.165, 1.54) is 18.2 Å². The van der Waals surface area contributed by atoms with Gasteiger partial charge in [0.2, 0.25) is 11.8 Å². The molecule has 3 heterocycles. The largest absolute Gasteiger partial charge is 0.352 e. The molecule has 2 amide bonds. The molecule has 2 saturated heterocycles. The molecule has 2 fully saturated rings. The van der Waals surface area contributed by atoms with Gasteiger partial charge in [-0.3, -0.25) is 14.4 Å². The lowest BCUT2D eigenvalue weighted by Crippen LogP contribution is -2.49. The van der Waals surface area contributed by atoms with Crippen LogP contribution in [0.2, 0.25) is 5.02 Å². The van der Waals surface area contributed by atoms with Crippen LogP contribution in [0, 0.1) is 17.7 Å². The lowest BCUT2D eigenvalue weighted by atomic mass is 9.86. The summed E-state index contributed by atoms with van der Waals surface area (Å²) in [6.45, 7) is 0. The first-order valence-corrected chi connectivity index (χ1v) is 12.2. The predicted molar refractivity (Wildman–Crippen MR) is 135 cm³/mol. The minimum atomic E-state index is -0.974. The lowest BCUT2D eigenvalue weighted by Gasteiger charge is -2.36. The summed E-state index contributed by atoms with van der Waals surface area (Å²) < 4.78 is 15.5. The Bertz CT molecular complexity index is 1440. The van der Waals surface area contributed by atoms with E-state index in [1.54, 1.807) is 42.5 Å². The average molecular weight is 552 g/mol. The number of carbonyl (C=O) groups is 3. The number of halogens is 3.